The minimum atomic E-state index is -0.847. The van der Waals surface area contributed by atoms with Crippen LogP contribution in [0, 0.1) is 11.6 Å². The van der Waals surface area contributed by atoms with Crippen LogP contribution >= 0.6 is 11.6 Å². The van der Waals surface area contributed by atoms with E-state index in [-0.39, 0.29) is 10.4 Å². The van der Waals surface area contributed by atoms with Crippen molar-refractivity contribution >= 4 is 22.4 Å². The number of nitrogens with two attached hydrogens (primary N) is 1. The molecule has 0 fully saturated rings. The summed E-state index contributed by atoms with van der Waals surface area (Å²) in [6.07, 6.45) is 0. The van der Waals surface area contributed by atoms with Crippen LogP contribution < -0.4 is 11.3 Å². The molecule has 0 unspecified atom stereocenters. The maximum atomic E-state index is 14.2. The Morgan fingerprint density at radius 2 is 1.74 bits per heavy atom. The van der Waals surface area contributed by atoms with Gasteiger partial charge in [-0.3, -0.25) is 9.36 Å². The van der Waals surface area contributed by atoms with Crippen LogP contribution in [0.4, 0.5) is 8.78 Å². The third kappa shape index (κ3) is 2.52. The van der Waals surface area contributed by atoms with Crippen molar-refractivity contribution in [1.29, 1.82) is 0 Å². The number of rotatable bonds is 2. The first-order valence-electron chi connectivity index (χ1n) is 6.96. The highest BCUT2D eigenvalue weighted by atomic mass is 35.5. The quantitative estimate of drug-likeness (QED) is 0.771. The zero-order valence-corrected chi connectivity index (χ0v) is 12.9. The van der Waals surface area contributed by atoms with E-state index in [1.807, 2.05) is 0 Å². The van der Waals surface area contributed by atoms with E-state index < -0.39 is 28.9 Å². The van der Waals surface area contributed by atoms with Gasteiger partial charge in [0.1, 0.15) is 17.3 Å². The predicted molar refractivity (Wildman–Crippen MR) is 87.1 cm³/mol. The van der Waals surface area contributed by atoms with Crippen LogP contribution in [-0.4, -0.2) is 4.57 Å². The number of benzene rings is 2. The third-order valence-corrected chi connectivity index (χ3v) is 3.97. The Labute approximate surface area is 135 Å². The van der Waals surface area contributed by atoms with Crippen molar-refractivity contribution in [2.45, 2.75) is 13.0 Å². The summed E-state index contributed by atoms with van der Waals surface area (Å²) in [7, 11) is 0. The number of para-hydroxylation sites is 1. The Bertz CT molecular complexity index is 946. The molecule has 6 heteroatoms. The molecule has 2 N–H and O–H groups in total. The monoisotopic (exact) mass is 334 g/mol. The molecule has 118 valence electrons. The largest absolute Gasteiger partial charge is 0.323 e. The van der Waals surface area contributed by atoms with Gasteiger partial charge in [0.2, 0.25) is 0 Å². The van der Waals surface area contributed by atoms with E-state index >= 15 is 0 Å². The Kier molecular flexibility index (Phi) is 3.92. The molecule has 0 aliphatic carbocycles. The number of nitrogens with zero attached hydrogens (tertiary/aromatic N) is 1. The van der Waals surface area contributed by atoms with Crippen molar-refractivity contribution in [3.8, 4) is 5.69 Å². The maximum absolute atomic E-state index is 14.2. The molecule has 1 atom stereocenters. The molecule has 0 bridgehead atoms. The van der Waals surface area contributed by atoms with Gasteiger partial charge in [-0.1, -0.05) is 29.8 Å². The highest BCUT2D eigenvalue weighted by molar-refractivity contribution is 6.35. The molecular formula is C17H13ClF2N2O. The first-order valence-corrected chi connectivity index (χ1v) is 7.33. The lowest BCUT2D eigenvalue weighted by molar-refractivity contribution is 0.559. The fourth-order valence-electron chi connectivity index (χ4n) is 2.61. The SMILES string of the molecule is C[C@H](N)c1cc2cccc(Cl)c2c(=O)n1-c1c(F)cccc1F. The van der Waals surface area contributed by atoms with Crippen LogP contribution in [0.2, 0.25) is 5.02 Å². The summed E-state index contributed by atoms with van der Waals surface area (Å²) in [6.45, 7) is 1.64. The molecule has 3 rings (SSSR count). The third-order valence-electron chi connectivity index (χ3n) is 3.65. The second-order valence-corrected chi connectivity index (χ2v) is 5.68. The van der Waals surface area contributed by atoms with Gasteiger partial charge in [0.25, 0.3) is 5.56 Å². The van der Waals surface area contributed by atoms with Crippen molar-refractivity contribution in [2.24, 2.45) is 5.73 Å². The Hall–Kier alpha value is -2.24. The second-order valence-electron chi connectivity index (χ2n) is 5.27. The van der Waals surface area contributed by atoms with Crippen molar-refractivity contribution < 1.29 is 8.78 Å². The van der Waals surface area contributed by atoms with Crippen LogP contribution in [0.5, 0.6) is 0 Å². The molecule has 0 spiro atoms. The van der Waals surface area contributed by atoms with Crippen molar-refractivity contribution in [3.63, 3.8) is 0 Å². The van der Waals surface area contributed by atoms with E-state index in [2.05, 4.69) is 0 Å². The number of hydrogen-bond acceptors (Lipinski definition) is 2. The molecule has 0 amide bonds. The molecule has 0 aliphatic rings. The lowest BCUT2D eigenvalue weighted by Crippen LogP contribution is -2.27. The van der Waals surface area contributed by atoms with Gasteiger partial charge in [-0.05, 0) is 36.6 Å². The zero-order valence-electron chi connectivity index (χ0n) is 12.2. The van der Waals surface area contributed by atoms with E-state index in [1.165, 1.54) is 6.07 Å². The Balaban J connectivity index is 2.54. The Morgan fingerprint density at radius 3 is 2.35 bits per heavy atom. The van der Waals surface area contributed by atoms with Crippen LogP contribution in [0.3, 0.4) is 0 Å². The molecule has 0 saturated carbocycles. The molecular weight excluding hydrogens is 322 g/mol. The standard InChI is InChI=1S/C17H13ClF2N2O/c1-9(21)14-8-10-4-2-5-11(18)15(10)17(23)22(14)16-12(19)6-3-7-13(16)20/h2-9H,21H2,1H3/t9-/m0/s1. The van der Waals surface area contributed by atoms with E-state index in [0.29, 0.717) is 11.1 Å². The summed E-state index contributed by atoms with van der Waals surface area (Å²) in [5, 5.41) is 0.984. The molecule has 3 nitrogen and oxygen atoms in total. The minimum Gasteiger partial charge on any atom is -0.323 e. The molecule has 0 aliphatic heterocycles. The van der Waals surface area contributed by atoms with Gasteiger partial charge >= 0.3 is 0 Å². The van der Waals surface area contributed by atoms with Crippen molar-refractivity contribution in [2.75, 3.05) is 0 Å². The van der Waals surface area contributed by atoms with E-state index in [9.17, 15) is 13.6 Å². The summed E-state index contributed by atoms with van der Waals surface area (Å²) >= 11 is 6.10. The molecule has 0 saturated heterocycles. The summed E-state index contributed by atoms with van der Waals surface area (Å²) < 4.78 is 29.3. The molecule has 2 aromatic carbocycles. The van der Waals surface area contributed by atoms with Gasteiger partial charge in [-0.2, -0.15) is 0 Å². The molecule has 3 aromatic rings. The van der Waals surface area contributed by atoms with E-state index in [1.54, 1.807) is 31.2 Å². The number of aromatic nitrogens is 1. The smallest absolute Gasteiger partial charge is 0.264 e. The lowest BCUT2D eigenvalue weighted by atomic mass is 10.1. The van der Waals surface area contributed by atoms with Crippen LogP contribution in [-0.2, 0) is 0 Å². The average Bonchev–Trinajstić information content (AvgIpc) is 2.48. The molecule has 23 heavy (non-hydrogen) atoms. The van der Waals surface area contributed by atoms with Crippen LogP contribution in [0.25, 0.3) is 16.5 Å². The summed E-state index contributed by atoms with van der Waals surface area (Å²) in [4.78, 5) is 12.9. The van der Waals surface area contributed by atoms with Crippen molar-refractivity contribution in [3.05, 3.63) is 75.2 Å². The molecule has 1 heterocycles. The number of halogens is 3. The first kappa shape index (κ1) is 15.6. The maximum Gasteiger partial charge on any atom is 0.264 e. The highest BCUT2D eigenvalue weighted by Crippen LogP contribution is 2.26. The fraction of sp³-hybridized carbons (Fsp3) is 0.118. The van der Waals surface area contributed by atoms with Crippen LogP contribution in [0.1, 0.15) is 18.7 Å². The second kappa shape index (κ2) is 5.76. The highest BCUT2D eigenvalue weighted by Gasteiger charge is 2.20. The Morgan fingerprint density at radius 1 is 1.13 bits per heavy atom. The summed E-state index contributed by atoms with van der Waals surface area (Å²) in [5.74, 6) is -1.69. The first-order chi connectivity index (χ1) is 10.9. The molecule has 0 radical (unpaired) electrons. The number of fused-ring (bicyclic) bond motifs is 1. The zero-order chi connectivity index (χ0) is 16.7. The van der Waals surface area contributed by atoms with Gasteiger partial charge in [-0.25, -0.2) is 8.78 Å². The minimum absolute atomic E-state index is 0.196. The van der Waals surface area contributed by atoms with Crippen molar-refractivity contribution in [1.82, 2.24) is 4.57 Å². The average molecular weight is 335 g/mol. The van der Waals surface area contributed by atoms with E-state index in [0.717, 1.165) is 16.7 Å². The predicted octanol–water partition coefficient (Wildman–Crippen LogP) is 3.94. The van der Waals surface area contributed by atoms with Crippen LogP contribution in [0.15, 0.2) is 47.3 Å². The van der Waals surface area contributed by atoms with Gasteiger partial charge in [-0.15, -0.1) is 0 Å². The van der Waals surface area contributed by atoms with E-state index in [4.69, 9.17) is 17.3 Å². The lowest BCUT2D eigenvalue weighted by Gasteiger charge is -2.18. The normalized spacial score (nSPS) is 12.6. The summed E-state index contributed by atoms with van der Waals surface area (Å²) in [6, 6.07) is 9.39. The van der Waals surface area contributed by atoms with Gasteiger partial charge in [0.05, 0.1) is 10.4 Å². The van der Waals surface area contributed by atoms with Gasteiger partial charge < -0.3 is 5.73 Å². The fourth-order valence-corrected chi connectivity index (χ4v) is 2.87. The van der Waals surface area contributed by atoms with Gasteiger partial charge in [0, 0.05) is 11.7 Å². The number of hydrogen-bond donors (Lipinski definition) is 1. The number of pyridine rings is 1. The van der Waals surface area contributed by atoms with Gasteiger partial charge in [0.15, 0.2) is 0 Å². The summed E-state index contributed by atoms with van der Waals surface area (Å²) in [5.41, 5.74) is 5.15. The molecule has 1 aromatic heterocycles. The topological polar surface area (TPSA) is 48.0 Å².